The Kier molecular flexibility index (Phi) is 4.44. The number of hydrogen-bond donors (Lipinski definition) is 3. The number of aromatic amines is 1. The summed E-state index contributed by atoms with van der Waals surface area (Å²) in [6.45, 7) is 3.68. The second-order valence-corrected chi connectivity index (χ2v) is 4.88. The maximum absolute atomic E-state index is 6.01. The van der Waals surface area contributed by atoms with Gasteiger partial charge in [0.1, 0.15) is 0 Å². The smallest absolute Gasteiger partial charge is 0.166 e. The van der Waals surface area contributed by atoms with Gasteiger partial charge in [0, 0.05) is 35.2 Å². The lowest BCUT2D eigenvalue weighted by atomic mass is 10.1. The topological polar surface area (TPSA) is 39.8 Å². The molecule has 0 fully saturated rings. The van der Waals surface area contributed by atoms with Crippen LogP contribution in [-0.2, 0) is 6.42 Å². The Morgan fingerprint density at radius 1 is 1.39 bits per heavy atom. The van der Waals surface area contributed by atoms with Gasteiger partial charge in [-0.25, -0.2) is 0 Å². The molecule has 2 aromatic rings. The lowest BCUT2D eigenvalue weighted by Crippen LogP contribution is -2.36. The van der Waals surface area contributed by atoms with Crippen molar-refractivity contribution in [2.75, 3.05) is 13.1 Å². The molecule has 0 saturated heterocycles. The maximum Gasteiger partial charge on any atom is 0.166 e. The van der Waals surface area contributed by atoms with E-state index in [-0.39, 0.29) is 0 Å². The van der Waals surface area contributed by atoms with Crippen LogP contribution in [0.2, 0.25) is 5.02 Å². The first-order valence-corrected chi connectivity index (χ1v) is 6.76. The number of halogens is 1. The van der Waals surface area contributed by atoms with Gasteiger partial charge >= 0.3 is 0 Å². The maximum atomic E-state index is 6.01. The van der Waals surface area contributed by atoms with Gasteiger partial charge in [0.25, 0.3) is 0 Å². The van der Waals surface area contributed by atoms with Crippen LogP contribution in [0.15, 0.2) is 24.4 Å². The summed E-state index contributed by atoms with van der Waals surface area (Å²) in [6.07, 6.45) is 2.94. The van der Waals surface area contributed by atoms with Gasteiger partial charge in [-0.15, -0.1) is 0 Å². The third-order valence-corrected chi connectivity index (χ3v) is 3.27. The largest absolute Gasteiger partial charge is 0.363 e. The molecule has 0 aliphatic carbocycles. The van der Waals surface area contributed by atoms with Gasteiger partial charge in [0.05, 0.1) is 0 Å². The van der Waals surface area contributed by atoms with E-state index >= 15 is 0 Å². The summed E-state index contributed by atoms with van der Waals surface area (Å²) in [7, 11) is 0. The van der Waals surface area contributed by atoms with Crippen LogP contribution in [0.4, 0.5) is 0 Å². The Hall–Kier alpha value is -1.26. The Balaban J connectivity index is 1.99. The molecule has 1 heterocycles. The van der Waals surface area contributed by atoms with Crippen LogP contribution >= 0.6 is 23.8 Å². The number of thiocarbonyl (C=S) groups is 1. The van der Waals surface area contributed by atoms with Crippen molar-refractivity contribution in [1.29, 1.82) is 0 Å². The van der Waals surface area contributed by atoms with E-state index in [4.69, 9.17) is 23.8 Å². The molecule has 96 valence electrons. The normalized spacial score (nSPS) is 10.6. The lowest BCUT2D eigenvalue weighted by molar-refractivity contribution is 0.832. The van der Waals surface area contributed by atoms with E-state index < -0.39 is 0 Å². The van der Waals surface area contributed by atoms with Crippen LogP contribution in [0.25, 0.3) is 10.9 Å². The van der Waals surface area contributed by atoms with Gasteiger partial charge in [-0.05, 0) is 49.3 Å². The van der Waals surface area contributed by atoms with Crippen LogP contribution in [0.3, 0.4) is 0 Å². The molecule has 3 N–H and O–H groups in total. The van der Waals surface area contributed by atoms with Crippen LogP contribution < -0.4 is 10.6 Å². The first-order chi connectivity index (χ1) is 8.70. The molecule has 1 aromatic heterocycles. The number of nitrogens with one attached hydrogen (secondary N) is 3. The van der Waals surface area contributed by atoms with Gasteiger partial charge in [-0.2, -0.15) is 0 Å². The summed E-state index contributed by atoms with van der Waals surface area (Å²) < 4.78 is 0. The minimum atomic E-state index is 0.704. The fraction of sp³-hybridized carbons (Fsp3) is 0.308. The van der Waals surface area contributed by atoms with E-state index in [1.165, 1.54) is 10.9 Å². The zero-order valence-electron chi connectivity index (χ0n) is 10.2. The first kappa shape index (κ1) is 13.2. The summed E-state index contributed by atoms with van der Waals surface area (Å²) in [5.74, 6) is 0. The molecule has 0 spiro atoms. The fourth-order valence-electron chi connectivity index (χ4n) is 1.89. The molecule has 0 bridgehead atoms. The van der Waals surface area contributed by atoms with Gasteiger partial charge < -0.3 is 15.6 Å². The van der Waals surface area contributed by atoms with Crippen molar-refractivity contribution >= 4 is 39.8 Å². The Morgan fingerprint density at radius 2 is 2.22 bits per heavy atom. The SMILES string of the molecule is CCNC(=S)NCCc1c[nH]c2ccc(Cl)cc12. The second-order valence-electron chi connectivity index (χ2n) is 4.04. The van der Waals surface area contributed by atoms with Crippen molar-refractivity contribution in [2.24, 2.45) is 0 Å². The molecule has 0 radical (unpaired) electrons. The van der Waals surface area contributed by atoms with Crippen LogP contribution in [0.5, 0.6) is 0 Å². The molecule has 0 aliphatic rings. The summed E-state index contributed by atoms with van der Waals surface area (Å²) in [4.78, 5) is 3.24. The number of H-pyrrole nitrogens is 1. The minimum Gasteiger partial charge on any atom is -0.363 e. The fourth-order valence-corrected chi connectivity index (χ4v) is 2.31. The van der Waals surface area contributed by atoms with Crippen molar-refractivity contribution in [3.05, 3.63) is 35.0 Å². The predicted octanol–water partition coefficient (Wildman–Crippen LogP) is 2.85. The highest BCUT2D eigenvalue weighted by molar-refractivity contribution is 7.80. The van der Waals surface area contributed by atoms with Crippen LogP contribution in [0, 0.1) is 0 Å². The molecule has 0 unspecified atom stereocenters. The van der Waals surface area contributed by atoms with Gasteiger partial charge in [0.15, 0.2) is 5.11 Å². The molecule has 5 heteroatoms. The molecule has 0 amide bonds. The highest BCUT2D eigenvalue weighted by atomic mass is 35.5. The van der Waals surface area contributed by atoms with Crippen molar-refractivity contribution in [3.8, 4) is 0 Å². The van der Waals surface area contributed by atoms with Crippen LogP contribution in [-0.4, -0.2) is 23.2 Å². The molecule has 1 aromatic carbocycles. The Labute approximate surface area is 117 Å². The number of aromatic nitrogens is 1. The number of rotatable bonds is 4. The molecule has 0 saturated carbocycles. The molecule has 2 rings (SSSR count). The highest BCUT2D eigenvalue weighted by Gasteiger charge is 2.04. The minimum absolute atomic E-state index is 0.704. The molecule has 0 aliphatic heterocycles. The molecule has 0 atom stereocenters. The average Bonchev–Trinajstić information content (AvgIpc) is 2.72. The van der Waals surface area contributed by atoms with E-state index in [9.17, 15) is 0 Å². The molecular weight excluding hydrogens is 266 g/mol. The van der Waals surface area contributed by atoms with E-state index in [2.05, 4.69) is 15.6 Å². The summed E-state index contributed by atoms with van der Waals surface area (Å²) >= 11 is 11.1. The Morgan fingerprint density at radius 3 is 3.00 bits per heavy atom. The van der Waals surface area contributed by atoms with E-state index in [1.807, 2.05) is 31.3 Å². The third-order valence-electron chi connectivity index (χ3n) is 2.75. The molecular formula is C13H16ClN3S. The second kappa shape index (κ2) is 6.07. The lowest BCUT2D eigenvalue weighted by Gasteiger charge is -2.08. The van der Waals surface area contributed by atoms with Gasteiger partial charge in [-0.1, -0.05) is 11.6 Å². The zero-order chi connectivity index (χ0) is 13.0. The average molecular weight is 282 g/mol. The van der Waals surface area contributed by atoms with Crippen molar-refractivity contribution < 1.29 is 0 Å². The number of hydrogen-bond acceptors (Lipinski definition) is 1. The molecule has 3 nitrogen and oxygen atoms in total. The monoisotopic (exact) mass is 281 g/mol. The van der Waals surface area contributed by atoms with Gasteiger partial charge in [0.2, 0.25) is 0 Å². The standard InChI is InChI=1S/C13H16ClN3S/c1-2-15-13(18)16-6-5-9-8-17-12-4-3-10(14)7-11(9)12/h3-4,7-8,17H,2,5-6H2,1H3,(H2,15,16,18). The summed E-state index contributed by atoms with van der Waals surface area (Å²) in [5, 5.41) is 8.88. The summed E-state index contributed by atoms with van der Waals surface area (Å²) in [6, 6.07) is 5.88. The number of benzene rings is 1. The summed E-state index contributed by atoms with van der Waals surface area (Å²) in [5.41, 5.74) is 2.36. The zero-order valence-corrected chi connectivity index (χ0v) is 11.8. The van der Waals surface area contributed by atoms with E-state index in [1.54, 1.807) is 0 Å². The van der Waals surface area contributed by atoms with Crippen LogP contribution in [0.1, 0.15) is 12.5 Å². The predicted molar refractivity (Wildman–Crippen MR) is 81.3 cm³/mol. The van der Waals surface area contributed by atoms with Crippen molar-refractivity contribution in [1.82, 2.24) is 15.6 Å². The number of fused-ring (bicyclic) bond motifs is 1. The van der Waals surface area contributed by atoms with Crippen molar-refractivity contribution in [2.45, 2.75) is 13.3 Å². The van der Waals surface area contributed by atoms with E-state index in [0.717, 1.165) is 30.0 Å². The Bertz CT molecular complexity index is 550. The third kappa shape index (κ3) is 3.15. The molecule has 18 heavy (non-hydrogen) atoms. The quantitative estimate of drug-likeness (QED) is 0.755. The highest BCUT2D eigenvalue weighted by Crippen LogP contribution is 2.22. The van der Waals surface area contributed by atoms with Crippen molar-refractivity contribution in [3.63, 3.8) is 0 Å². The van der Waals surface area contributed by atoms with E-state index in [0.29, 0.717) is 5.11 Å². The first-order valence-electron chi connectivity index (χ1n) is 5.98. The van der Waals surface area contributed by atoms with Gasteiger partial charge in [-0.3, -0.25) is 0 Å².